The molecule has 2 heteroatoms. The maximum Gasteiger partial charge on any atom is 0.120 e. The van der Waals surface area contributed by atoms with Gasteiger partial charge in [0.1, 0.15) is 6.29 Å². The van der Waals surface area contributed by atoms with Crippen LogP contribution < -0.4 is 5.73 Å². The van der Waals surface area contributed by atoms with E-state index < -0.39 is 0 Å². The highest BCUT2D eigenvalue weighted by molar-refractivity contribution is 5.50. The lowest BCUT2D eigenvalue weighted by Gasteiger charge is -2.09. The Kier molecular flexibility index (Phi) is 2.22. The van der Waals surface area contributed by atoms with Gasteiger partial charge in [-0.2, -0.15) is 0 Å². The van der Waals surface area contributed by atoms with Crippen LogP contribution in [0.2, 0.25) is 0 Å². The van der Waals surface area contributed by atoms with E-state index in [-0.39, 0.29) is 0 Å². The van der Waals surface area contributed by atoms with Crippen molar-refractivity contribution in [2.75, 3.05) is 0 Å². The molecule has 2 N–H and O–H groups in total. The molecule has 1 rings (SSSR count). The molecule has 2 nitrogen and oxygen atoms in total. The zero-order chi connectivity index (χ0) is 6.69. The number of carbonyl (C=O) groups is 1. The van der Waals surface area contributed by atoms with Crippen LogP contribution in [0.4, 0.5) is 0 Å². The van der Waals surface area contributed by atoms with Crippen molar-refractivity contribution in [3.05, 3.63) is 0 Å². The summed E-state index contributed by atoms with van der Waals surface area (Å²) in [6, 6.07) is 0.301. The maximum atomic E-state index is 10.1. The predicted molar refractivity (Wildman–Crippen MR) is 36.0 cm³/mol. The highest BCUT2D eigenvalue weighted by atomic mass is 16.1. The first kappa shape index (κ1) is 6.75. The van der Waals surface area contributed by atoms with Crippen molar-refractivity contribution in [3.8, 4) is 0 Å². The van der Waals surface area contributed by atoms with E-state index in [1.807, 2.05) is 0 Å². The minimum Gasteiger partial charge on any atom is -0.327 e. The van der Waals surface area contributed by atoms with Crippen molar-refractivity contribution >= 4 is 6.29 Å². The number of carbonyl (C=O) groups excluding carboxylic acids is 1. The summed E-state index contributed by atoms with van der Waals surface area (Å²) in [5.74, 6) is 0.488. The maximum absolute atomic E-state index is 10.1. The van der Waals surface area contributed by atoms with Gasteiger partial charge in [-0.25, -0.2) is 0 Å². The molecular formula is C7H13NO. The summed E-state index contributed by atoms with van der Waals surface area (Å²) < 4.78 is 0. The van der Waals surface area contributed by atoms with Crippen molar-refractivity contribution in [3.63, 3.8) is 0 Å². The molecule has 0 aromatic carbocycles. The first-order valence-electron chi connectivity index (χ1n) is 3.54. The van der Waals surface area contributed by atoms with Crippen LogP contribution in [0, 0.1) is 5.92 Å². The van der Waals surface area contributed by atoms with Gasteiger partial charge in [0.15, 0.2) is 0 Å². The molecule has 0 spiro atoms. The second-order valence-electron chi connectivity index (χ2n) is 2.76. The monoisotopic (exact) mass is 127 g/mol. The minimum atomic E-state index is 0.301. The summed E-state index contributed by atoms with van der Waals surface area (Å²) in [4.78, 5) is 10.1. The average Bonchev–Trinajstić information content (AvgIpc) is 2.18. The summed E-state index contributed by atoms with van der Waals surface area (Å²) in [6.45, 7) is 0. The van der Waals surface area contributed by atoms with E-state index in [0.717, 1.165) is 19.1 Å². The number of aldehydes is 1. The standard InChI is InChI=1S/C7H13NO/c8-7-3-1-2-6(7)4-5-9/h5-7H,1-4,8H2/t6-,7+/m0/s1. The van der Waals surface area contributed by atoms with Gasteiger partial charge in [-0.15, -0.1) is 0 Å². The van der Waals surface area contributed by atoms with E-state index in [1.54, 1.807) is 0 Å². The van der Waals surface area contributed by atoms with Gasteiger partial charge in [-0.1, -0.05) is 6.42 Å². The van der Waals surface area contributed by atoms with E-state index in [9.17, 15) is 4.79 Å². The van der Waals surface area contributed by atoms with Crippen molar-refractivity contribution in [1.29, 1.82) is 0 Å². The molecular weight excluding hydrogens is 114 g/mol. The average molecular weight is 127 g/mol. The van der Waals surface area contributed by atoms with Crippen LogP contribution >= 0.6 is 0 Å². The molecule has 1 fully saturated rings. The molecule has 9 heavy (non-hydrogen) atoms. The Bertz CT molecular complexity index is 103. The number of nitrogens with two attached hydrogens (primary N) is 1. The Morgan fingerprint density at radius 1 is 1.56 bits per heavy atom. The summed E-state index contributed by atoms with van der Waals surface area (Å²) in [6.07, 6.45) is 5.12. The molecule has 1 aliphatic rings. The van der Waals surface area contributed by atoms with Crippen LogP contribution in [-0.2, 0) is 4.79 Å². The molecule has 0 aromatic heterocycles. The van der Waals surface area contributed by atoms with Gasteiger partial charge in [0.25, 0.3) is 0 Å². The Balaban J connectivity index is 2.30. The third kappa shape index (κ3) is 1.52. The molecule has 0 unspecified atom stereocenters. The first-order valence-corrected chi connectivity index (χ1v) is 3.54. The van der Waals surface area contributed by atoms with Gasteiger partial charge in [0.2, 0.25) is 0 Å². The third-order valence-electron chi connectivity index (χ3n) is 2.12. The van der Waals surface area contributed by atoms with Crippen LogP contribution in [0.5, 0.6) is 0 Å². The molecule has 52 valence electrons. The smallest absolute Gasteiger partial charge is 0.120 e. The van der Waals surface area contributed by atoms with Crippen LogP contribution in [0.1, 0.15) is 25.7 Å². The van der Waals surface area contributed by atoms with Crippen molar-refractivity contribution < 1.29 is 4.79 Å². The lowest BCUT2D eigenvalue weighted by atomic mass is 10.0. The summed E-state index contributed by atoms with van der Waals surface area (Å²) in [5.41, 5.74) is 5.71. The van der Waals surface area contributed by atoms with Gasteiger partial charge in [-0.05, 0) is 18.8 Å². The Hall–Kier alpha value is -0.370. The molecule has 1 aliphatic carbocycles. The Labute approximate surface area is 55.4 Å². The summed E-state index contributed by atoms with van der Waals surface area (Å²) >= 11 is 0. The number of hydrogen-bond acceptors (Lipinski definition) is 2. The molecule has 0 radical (unpaired) electrons. The van der Waals surface area contributed by atoms with Crippen molar-refractivity contribution in [1.82, 2.24) is 0 Å². The summed E-state index contributed by atoms with van der Waals surface area (Å²) in [5, 5.41) is 0. The first-order chi connectivity index (χ1) is 4.34. The van der Waals surface area contributed by atoms with Crippen LogP contribution in [0.25, 0.3) is 0 Å². The Morgan fingerprint density at radius 3 is 2.78 bits per heavy atom. The van der Waals surface area contributed by atoms with Crippen molar-refractivity contribution in [2.45, 2.75) is 31.7 Å². The fourth-order valence-electron chi connectivity index (χ4n) is 1.48. The molecule has 0 aromatic rings. The van der Waals surface area contributed by atoms with Gasteiger partial charge in [0.05, 0.1) is 0 Å². The quantitative estimate of drug-likeness (QED) is 0.555. The normalized spacial score (nSPS) is 34.8. The summed E-state index contributed by atoms with van der Waals surface area (Å²) in [7, 11) is 0. The highest BCUT2D eigenvalue weighted by Gasteiger charge is 2.22. The van der Waals surface area contributed by atoms with Gasteiger partial charge < -0.3 is 10.5 Å². The topological polar surface area (TPSA) is 43.1 Å². The molecule has 1 saturated carbocycles. The van der Waals surface area contributed by atoms with E-state index >= 15 is 0 Å². The molecule has 0 aliphatic heterocycles. The zero-order valence-corrected chi connectivity index (χ0v) is 5.55. The van der Waals surface area contributed by atoms with E-state index in [1.165, 1.54) is 6.42 Å². The third-order valence-corrected chi connectivity index (χ3v) is 2.12. The SMILES string of the molecule is N[C@@H]1CCC[C@H]1CC=O. The lowest BCUT2D eigenvalue weighted by molar-refractivity contribution is -0.108. The minimum absolute atomic E-state index is 0.301. The van der Waals surface area contributed by atoms with Gasteiger partial charge in [-0.3, -0.25) is 0 Å². The van der Waals surface area contributed by atoms with Crippen molar-refractivity contribution in [2.24, 2.45) is 11.7 Å². The second-order valence-corrected chi connectivity index (χ2v) is 2.76. The van der Waals surface area contributed by atoms with Gasteiger partial charge in [0, 0.05) is 12.5 Å². The zero-order valence-electron chi connectivity index (χ0n) is 5.55. The number of hydrogen-bond donors (Lipinski definition) is 1. The predicted octanol–water partition coefficient (Wildman–Crippen LogP) is 0.703. The largest absolute Gasteiger partial charge is 0.327 e. The van der Waals surface area contributed by atoms with E-state index in [4.69, 9.17) is 5.73 Å². The highest BCUT2D eigenvalue weighted by Crippen LogP contribution is 2.25. The number of rotatable bonds is 2. The molecule has 0 heterocycles. The van der Waals surface area contributed by atoms with Crippen LogP contribution in [-0.4, -0.2) is 12.3 Å². The molecule has 0 amide bonds. The Morgan fingerprint density at radius 2 is 2.33 bits per heavy atom. The fourth-order valence-corrected chi connectivity index (χ4v) is 1.48. The van der Waals surface area contributed by atoms with E-state index in [0.29, 0.717) is 18.4 Å². The van der Waals surface area contributed by atoms with Crippen LogP contribution in [0.3, 0.4) is 0 Å². The van der Waals surface area contributed by atoms with Crippen LogP contribution in [0.15, 0.2) is 0 Å². The lowest BCUT2D eigenvalue weighted by Crippen LogP contribution is -2.24. The fraction of sp³-hybridized carbons (Fsp3) is 0.857. The molecule has 2 atom stereocenters. The molecule has 0 bridgehead atoms. The van der Waals surface area contributed by atoms with Gasteiger partial charge >= 0.3 is 0 Å². The molecule has 0 saturated heterocycles. The van der Waals surface area contributed by atoms with E-state index in [2.05, 4.69) is 0 Å². The second kappa shape index (κ2) is 2.97.